The second-order valence-electron chi connectivity index (χ2n) is 8.96. The molecule has 0 fully saturated rings. The number of nitrogens with one attached hydrogen (secondary N) is 3. The number of carbonyl (C=O) groups is 4. The third-order valence-electron chi connectivity index (χ3n) is 5.68. The largest absolute Gasteiger partial charge is 0.502 e. The number of nitrogen functional groups attached to an aromatic ring is 1. The van der Waals surface area contributed by atoms with Gasteiger partial charge in [0.2, 0.25) is 11.7 Å². The molecule has 1 amide bonds. The molecule has 16 nitrogen and oxygen atoms in total. The van der Waals surface area contributed by atoms with Crippen molar-refractivity contribution in [1.82, 2.24) is 25.3 Å². The Hall–Kier alpha value is -6.32. The molecule has 0 aliphatic rings. The number of anilines is 2. The summed E-state index contributed by atoms with van der Waals surface area (Å²) in [7, 11) is 0. The Kier molecular flexibility index (Phi) is 11.0. The summed E-state index contributed by atoms with van der Waals surface area (Å²) in [6.07, 6.45) is 2.04. The summed E-state index contributed by atoms with van der Waals surface area (Å²) in [4.78, 5) is 70.7. The molecule has 2 aromatic heterocycles. The molecule has 0 saturated carbocycles. The predicted molar refractivity (Wildman–Crippen MR) is 157 cm³/mol. The summed E-state index contributed by atoms with van der Waals surface area (Å²) in [6, 6.07) is 13.6. The lowest BCUT2D eigenvalue weighted by molar-refractivity contribution is -0.140. The fourth-order valence-electron chi connectivity index (χ4n) is 3.52. The van der Waals surface area contributed by atoms with E-state index in [-0.39, 0.29) is 42.1 Å². The molecule has 0 radical (unpaired) electrons. The van der Waals surface area contributed by atoms with Gasteiger partial charge in [-0.25, -0.2) is 19.6 Å². The highest BCUT2D eigenvalue weighted by Gasteiger charge is 2.21. The molecule has 0 aliphatic carbocycles. The number of H-pyrrole nitrogens is 1. The number of fused-ring (bicyclic) bond motifs is 1. The van der Waals surface area contributed by atoms with Crippen LogP contribution in [0.15, 0.2) is 71.3 Å². The average molecular weight is 606 g/mol. The number of aromatic nitrogens is 4. The van der Waals surface area contributed by atoms with Crippen molar-refractivity contribution in [3.05, 3.63) is 93.7 Å². The molecule has 228 valence electrons. The highest BCUT2D eigenvalue weighted by molar-refractivity contribution is 5.97. The van der Waals surface area contributed by atoms with Crippen LogP contribution >= 0.6 is 0 Å². The lowest BCUT2D eigenvalue weighted by Crippen LogP contribution is -2.41. The zero-order valence-electron chi connectivity index (χ0n) is 22.8. The third kappa shape index (κ3) is 9.65. The predicted octanol–water partition coefficient (Wildman–Crippen LogP) is 1.63. The van der Waals surface area contributed by atoms with Crippen molar-refractivity contribution in [2.45, 2.75) is 25.4 Å². The van der Waals surface area contributed by atoms with Crippen LogP contribution in [0.3, 0.4) is 0 Å². The number of carbonyl (C=O) groups excluding carboxylic acids is 1. The van der Waals surface area contributed by atoms with Gasteiger partial charge in [-0.15, -0.1) is 0 Å². The van der Waals surface area contributed by atoms with Crippen LogP contribution in [0.5, 0.6) is 0 Å². The van der Waals surface area contributed by atoms with Crippen molar-refractivity contribution in [2.24, 2.45) is 0 Å². The van der Waals surface area contributed by atoms with Crippen LogP contribution in [-0.4, -0.2) is 70.2 Å². The van der Waals surface area contributed by atoms with Crippen LogP contribution in [0.2, 0.25) is 0 Å². The fourth-order valence-corrected chi connectivity index (χ4v) is 3.52. The molecule has 1 unspecified atom stereocenters. The van der Waals surface area contributed by atoms with Crippen molar-refractivity contribution in [1.29, 1.82) is 0 Å². The standard InChI is InChI=1S/C19H19N7O6.C9H8O3/c20-19-25-15-14(17(30)26-19)23-11(8-22-15)7-21-10-3-1-9(2-4-10)16(29)24-12(18(31)32)5-6-13(27)28;10-8(9(11)12)6-7-4-2-1-3-5-7/h1-4,8,12,21H,5-7H2,(H,24,29)(H,27,28)(H,31,32)(H3,20,22,25,26,30);1-6,10H,(H,11,12). The van der Waals surface area contributed by atoms with E-state index in [1.165, 1.54) is 24.4 Å². The normalized spacial score (nSPS) is 11.5. The van der Waals surface area contributed by atoms with E-state index in [1.807, 2.05) is 6.07 Å². The number of aliphatic hydroxyl groups is 1. The number of aromatic amines is 1. The molecule has 4 aromatic rings. The first-order valence-corrected chi connectivity index (χ1v) is 12.7. The van der Waals surface area contributed by atoms with Gasteiger partial charge in [-0.2, -0.15) is 4.98 Å². The first-order chi connectivity index (χ1) is 20.9. The van der Waals surface area contributed by atoms with E-state index < -0.39 is 41.2 Å². The Labute approximate surface area is 247 Å². The summed E-state index contributed by atoms with van der Waals surface area (Å²) in [5.41, 5.74) is 7.14. The lowest BCUT2D eigenvalue weighted by Gasteiger charge is -2.14. The third-order valence-corrected chi connectivity index (χ3v) is 5.68. The number of nitrogens with zero attached hydrogens (tertiary/aromatic N) is 3. The Bertz CT molecular complexity index is 1740. The number of amides is 1. The molecule has 0 aliphatic heterocycles. The molecule has 0 bridgehead atoms. The van der Waals surface area contributed by atoms with E-state index in [0.29, 0.717) is 16.9 Å². The molecule has 0 saturated heterocycles. The van der Waals surface area contributed by atoms with Crippen LogP contribution in [0.4, 0.5) is 11.6 Å². The fraction of sp³-hybridized carbons (Fsp3) is 0.143. The number of nitrogens with two attached hydrogens (primary N) is 1. The average Bonchev–Trinajstić information content (AvgIpc) is 2.99. The minimum atomic E-state index is -1.32. The van der Waals surface area contributed by atoms with E-state index in [1.54, 1.807) is 36.4 Å². The summed E-state index contributed by atoms with van der Waals surface area (Å²) in [5.74, 6) is -5.13. The van der Waals surface area contributed by atoms with Gasteiger partial charge in [-0.3, -0.25) is 19.4 Å². The quantitative estimate of drug-likeness (QED) is 0.0891. The molecule has 0 spiro atoms. The Morgan fingerprint density at radius 3 is 2.25 bits per heavy atom. The topological polar surface area (TPSA) is 271 Å². The van der Waals surface area contributed by atoms with E-state index in [4.69, 9.17) is 26.2 Å². The molecule has 16 heteroatoms. The van der Waals surface area contributed by atoms with Crippen molar-refractivity contribution >= 4 is 52.7 Å². The van der Waals surface area contributed by atoms with Crippen molar-refractivity contribution in [2.75, 3.05) is 11.1 Å². The summed E-state index contributed by atoms with van der Waals surface area (Å²) in [5, 5.41) is 40.4. The summed E-state index contributed by atoms with van der Waals surface area (Å²) < 4.78 is 0. The molecule has 1 atom stereocenters. The van der Waals surface area contributed by atoms with Crippen LogP contribution in [0.25, 0.3) is 17.2 Å². The number of carboxylic acids is 3. The van der Waals surface area contributed by atoms with Crippen molar-refractivity contribution in [3.63, 3.8) is 0 Å². The smallest absolute Gasteiger partial charge is 0.370 e. The van der Waals surface area contributed by atoms with Gasteiger partial charge in [0.25, 0.3) is 11.5 Å². The number of hydrogen-bond acceptors (Lipinski definition) is 11. The lowest BCUT2D eigenvalue weighted by atomic mass is 10.1. The SMILES string of the molecule is Nc1nc2ncc(CNc3ccc(C(=O)NC(CCC(=O)O)C(=O)O)cc3)nc2c(=O)[nH]1.O=C(O)C(O)=Cc1ccccc1. The maximum Gasteiger partial charge on any atom is 0.370 e. The summed E-state index contributed by atoms with van der Waals surface area (Å²) >= 11 is 0. The van der Waals surface area contributed by atoms with Gasteiger partial charge in [0.05, 0.1) is 18.4 Å². The highest BCUT2D eigenvalue weighted by atomic mass is 16.4. The van der Waals surface area contributed by atoms with Crippen LogP contribution in [-0.2, 0) is 20.9 Å². The number of carboxylic acid groups (broad SMARTS) is 3. The van der Waals surface area contributed by atoms with E-state index in [2.05, 4.69) is 30.6 Å². The Balaban J connectivity index is 0.000000369. The van der Waals surface area contributed by atoms with Crippen LogP contribution in [0, 0.1) is 0 Å². The molecule has 2 heterocycles. The zero-order chi connectivity index (χ0) is 32.2. The minimum absolute atomic E-state index is 0.0524. The monoisotopic (exact) mass is 605 g/mol. The second kappa shape index (κ2) is 15.1. The van der Waals surface area contributed by atoms with Crippen molar-refractivity contribution < 1.29 is 39.6 Å². The first kappa shape index (κ1) is 32.2. The van der Waals surface area contributed by atoms with E-state index in [0.717, 1.165) is 0 Å². The number of benzene rings is 2. The molecular weight excluding hydrogens is 578 g/mol. The number of hydrogen-bond donors (Lipinski definition) is 8. The number of aliphatic carboxylic acids is 3. The van der Waals surface area contributed by atoms with Gasteiger partial charge in [-0.05, 0) is 42.3 Å². The highest BCUT2D eigenvalue weighted by Crippen LogP contribution is 2.12. The molecular formula is C28H27N7O9. The van der Waals surface area contributed by atoms with Crippen LogP contribution < -0.4 is 21.9 Å². The van der Waals surface area contributed by atoms with Gasteiger partial charge in [0.15, 0.2) is 11.2 Å². The Morgan fingerprint density at radius 1 is 0.955 bits per heavy atom. The Morgan fingerprint density at radius 2 is 1.64 bits per heavy atom. The maximum atomic E-state index is 12.3. The maximum absolute atomic E-state index is 12.3. The molecule has 4 rings (SSSR count). The van der Waals surface area contributed by atoms with E-state index >= 15 is 0 Å². The molecule has 9 N–H and O–H groups in total. The van der Waals surface area contributed by atoms with Crippen LogP contribution in [0.1, 0.15) is 34.5 Å². The molecule has 2 aromatic carbocycles. The number of rotatable bonds is 11. The molecule has 44 heavy (non-hydrogen) atoms. The van der Waals surface area contributed by atoms with Gasteiger partial charge < -0.3 is 36.8 Å². The number of aliphatic hydroxyl groups excluding tert-OH is 1. The minimum Gasteiger partial charge on any atom is -0.502 e. The van der Waals surface area contributed by atoms with E-state index in [9.17, 15) is 24.0 Å². The summed E-state index contributed by atoms with van der Waals surface area (Å²) in [6.45, 7) is 0.231. The van der Waals surface area contributed by atoms with Gasteiger partial charge in [0.1, 0.15) is 6.04 Å². The van der Waals surface area contributed by atoms with Gasteiger partial charge >= 0.3 is 17.9 Å². The zero-order valence-corrected chi connectivity index (χ0v) is 22.8. The first-order valence-electron chi connectivity index (χ1n) is 12.7. The second-order valence-corrected chi connectivity index (χ2v) is 8.96. The van der Waals surface area contributed by atoms with Gasteiger partial charge in [-0.1, -0.05) is 30.3 Å². The van der Waals surface area contributed by atoms with Gasteiger partial charge in [0, 0.05) is 17.7 Å². The van der Waals surface area contributed by atoms with Crippen molar-refractivity contribution in [3.8, 4) is 0 Å².